The number of ketones is 1. The molecule has 4 rings (SSSR count). The Morgan fingerprint density at radius 3 is 2.40 bits per heavy atom. The fraction of sp³-hybridized carbons (Fsp3) is 0.647. The van der Waals surface area contributed by atoms with Crippen LogP contribution in [-0.4, -0.2) is 18.9 Å². The third kappa shape index (κ3) is 1.58. The van der Waals surface area contributed by atoms with Gasteiger partial charge < -0.3 is 4.74 Å². The van der Waals surface area contributed by atoms with Gasteiger partial charge in [-0.1, -0.05) is 17.7 Å². The van der Waals surface area contributed by atoms with E-state index in [4.69, 9.17) is 4.74 Å². The molecule has 0 aliphatic heterocycles. The number of allylic oxidation sites excluding steroid dienone is 3. The molecule has 3 nitrogen and oxygen atoms in total. The highest BCUT2D eigenvalue weighted by Crippen LogP contribution is 2.77. The molecular formula is C17H22O3. The molecule has 4 aliphatic rings. The highest BCUT2D eigenvalue weighted by molar-refractivity contribution is 5.97. The highest BCUT2D eigenvalue weighted by Gasteiger charge is 2.73. The van der Waals surface area contributed by atoms with Gasteiger partial charge in [0.15, 0.2) is 5.78 Å². The van der Waals surface area contributed by atoms with Crippen LogP contribution in [0.4, 0.5) is 0 Å². The van der Waals surface area contributed by atoms with Crippen LogP contribution in [0.2, 0.25) is 0 Å². The molecule has 4 aliphatic carbocycles. The van der Waals surface area contributed by atoms with Crippen LogP contribution in [0.1, 0.15) is 46.0 Å². The molecule has 0 N–H and O–H groups in total. The third-order valence-corrected chi connectivity index (χ3v) is 5.74. The number of hydrogen-bond acceptors (Lipinski definition) is 3. The van der Waals surface area contributed by atoms with Gasteiger partial charge in [-0.2, -0.15) is 0 Å². The molecule has 0 aromatic heterocycles. The molecule has 0 aromatic rings. The summed E-state index contributed by atoms with van der Waals surface area (Å²) in [5.41, 5.74) is 3.22. The van der Waals surface area contributed by atoms with Gasteiger partial charge in [0.2, 0.25) is 0 Å². The SMILES string of the molecule is C=C(C)C1CC(=O)C(C)=C(C23CC(C(=O)OC)(C2)C3)C1. The smallest absolute Gasteiger partial charge is 0.311 e. The Morgan fingerprint density at radius 1 is 1.30 bits per heavy atom. The molecule has 3 saturated carbocycles. The number of ether oxygens (including phenoxy) is 1. The average molecular weight is 274 g/mol. The molecular weight excluding hydrogens is 252 g/mol. The average Bonchev–Trinajstić information content (AvgIpc) is 2.30. The summed E-state index contributed by atoms with van der Waals surface area (Å²) in [7, 11) is 1.46. The van der Waals surface area contributed by atoms with Gasteiger partial charge in [-0.05, 0) is 56.4 Å². The van der Waals surface area contributed by atoms with Gasteiger partial charge in [-0.25, -0.2) is 0 Å². The van der Waals surface area contributed by atoms with E-state index in [0.717, 1.165) is 36.8 Å². The number of hydrogen-bond donors (Lipinski definition) is 0. The summed E-state index contributed by atoms with van der Waals surface area (Å²) in [5, 5.41) is 0. The number of esters is 1. The van der Waals surface area contributed by atoms with E-state index in [2.05, 4.69) is 6.58 Å². The lowest BCUT2D eigenvalue weighted by Gasteiger charge is -2.70. The molecule has 0 amide bonds. The molecule has 1 atom stereocenters. The summed E-state index contributed by atoms with van der Waals surface area (Å²) in [4.78, 5) is 24.0. The van der Waals surface area contributed by atoms with E-state index >= 15 is 0 Å². The number of rotatable bonds is 3. The van der Waals surface area contributed by atoms with Crippen LogP contribution in [0.5, 0.6) is 0 Å². The van der Waals surface area contributed by atoms with Crippen LogP contribution >= 0.6 is 0 Å². The van der Waals surface area contributed by atoms with Crippen LogP contribution < -0.4 is 0 Å². The number of methoxy groups -OCH3 is 1. The molecule has 1 unspecified atom stereocenters. The van der Waals surface area contributed by atoms with Crippen molar-refractivity contribution < 1.29 is 14.3 Å². The Hall–Kier alpha value is -1.38. The molecule has 3 fully saturated rings. The summed E-state index contributed by atoms with van der Waals surface area (Å²) < 4.78 is 4.90. The van der Waals surface area contributed by atoms with E-state index in [9.17, 15) is 9.59 Å². The second-order valence-corrected chi connectivity index (χ2v) is 7.06. The molecule has 20 heavy (non-hydrogen) atoms. The van der Waals surface area contributed by atoms with E-state index in [1.54, 1.807) is 0 Å². The summed E-state index contributed by atoms with van der Waals surface area (Å²) >= 11 is 0. The number of carbonyl (C=O) groups excluding carboxylic acids is 2. The second-order valence-electron chi connectivity index (χ2n) is 7.06. The van der Waals surface area contributed by atoms with E-state index in [-0.39, 0.29) is 28.5 Å². The van der Waals surface area contributed by atoms with Crippen molar-refractivity contribution in [1.82, 2.24) is 0 Å². The number of carbonyl (C=O) groups is 2. The predicted molar refractivity (Wildman–Crippen MR) is 76.0 cm³/mol. The minimum Gasteiger partial charge on any atom is -0.469 e. The monoisotopic (exact) mass is 274 g/mol. The lowest BCUT2D eigenvalue weighted by molar-refractivity contribution is -0.213. The Morgan fingerprint density at radius 2 is 1.90 bits per heavy atom. The molecule has 2 bridgehead atoms. The first-order chi connectivity index (χ1) is 9.33. The van der Waals surface area contributed by atoms with Gasteiger partial charge in [0.1, 0.15) is 0 Å². The maximum Gasteiger partial charge on any atom is 0.311 e. The van der Waals surface area contributed by atoms with Crippen molar-refractivity contribution >= 4 is 11.8 Å². The number of Topliss-reactive ketones (excluding diaryl/α,β-unsaturated/α-hetero) is 1. The zero-order valence-corrected chi connectivity index (χ0v) is 12.5. The lowest BCUT2D eigenvalue weighted by atomic mass is 9.32. The molecule has 0 heterocycles. The zero-order chi connectivity index (χ0) is 14.7. The van der Waals surface area contributed by atoms with Gasteiger partial charge in [0.05, 0.1) is 12.5 Å². The van der Waals surface area contributed by atoms with Crippen molar-refractivity contribution in [2.75, 3.05) is 7.11 Å². The normalized spacial score (nSPS) is 39.0. The first-order valence-electron chi connectivity index (χ1n) is 7.31. The van der Waals surface area contributed by atoms with Crippen molar-refractivity contribution in [1.29, 1.82) is 0 Å². The topological polar surface area (TPSA) is 43.4 Å². The van der Waals surface area contributed by atoms with Gasteiger partial charge in [0, 0.05) is 6.42 Å². The van der Waals surface area contributed by atoms with E-state index < -0.39 is 0 Å². The molecule has 108 valence electrons. The standard InChI is InChI=1S/C17H22O3/c1-10(2)12-5-13(11(3)14(18)6-12)16-7-17(8-16,9-16)15(19)20-4/h12H,1,5-9H2,2-4H3. The summed E-state index contributed by atoms with van der Waals surface area (Å²) in [6.45, 7) is 7.98. The van der Waals surface area contributed by atoms with E-state index in [1.807, 2.05) is 13.8 Å². The Bertz CT molecular complexity index is 533. The van der Waals surface area contributed by atoms with Crippen LogP contribution in [-0.2, 0) is 14.3 Å². The van der Waals surface area contributed by atoms with Crippen LogP contribution in [0.3, 0.4) is 0 Å². The van der Waals surface area contributed by atoms with Crippen molar-refractivity contribution in [3.8, 4) is 0 Å². The van der Waals surface area contributed by atoms with Gasteiger partial charge in [-0.15, -0.1) is 0 Å². The molecule has 0 aromatic carbocycles. The minimum atomic E-state index is -0.235. The van der Waals surface area contributed by atoms with Gasteiger partial charge >= 0.3 is 5.97 Å². The zero-order valence-electron chi connectivity index (χ0n) is 12.5. The third-order valence-electron chi connectivity index (χ3n) is 5.74. The van der Waals surface area contributed by atoms with Crippen molar-refractivity contribution in [2.24, 2.45) is 16.7 Å². The van der Waals surface area contributed by atoms with Crippen LogP contribution in [0.25, 0.3) is 0 Å². The summed E-state index contributed by atoms with van der Waals surface area (Å²) in [6, 6.07) is 0. The Kier molecular flexibility index (Phi) is 2.76. The molecule has 0 saturated heterocycles. The minimum absolute atomic E-state index is 0.0729. The molecule has 0 radical (unpaired) electrons. The largest absolute Gasteiger partial charge is 0.469 e. The fourth-order valence-corrected chi connectivity index (χ4v) is 4.52. The second kappa shape index (κ2) is 4.06. The quantitative estimate of drug-likeness (QED) is 0.586. The molecule has 3 heteroatoms. The first-order valence-corrected chi connectivity index (χ1v) is 7.31. The maximum atomic E-state index is 12.2. The molecule has 0 spiro atoms. The summed E-state index contributed by atoms with van der Waals surface area (Å²) in [5.74, 6) is 0.469. The highest BCUT2D eigenvalue weighted by atomic mass is 16.5. The van der Waals surface area contributed by atoms with Crippen LogP contribution in [0.15, 0.2) is 23.3 Å². The van der Waals surface area contributed by atoms with Crippen LogP contribution in [0, 0.1) is 16.7 Å². The summed E-state index contributed by atoms with van der Waals surface area (Å²) in [6.07, 6.45) is 4.16. The van der Waals surface area contributed by atoms with Crippen molar-refractivity contribution in [3.05, 3.63) is 23.3 Å². The Labute approximate surface area is 120 Å². The lowest BCUT2D eigenvalue weighted by Crippen LogP contribution is -2.66. The first kappa shape index (κ1) is 13.6. The fourth-order valence-electron chi connectivity index (χ4n) is 4.52. The van der Waals surface area contributed by atoms with Gasteiger partial charge in [-0.3, -0.25) is 9.59 Å². The van der Waals surface area contributed by atoms with Crippen molar-refractivity contribution in [3.63, 3.8) is 0 Å². The van der Waals surface area contributed by atoms with E-state index in [0.29, 0.717) is 6.42 Å². The van der Waals surface area contributed by atoms with Gasteiger partial charge in [0.25, 0.3) is 0 Å². The van der Waals surface area contributed by atoms with E-state index in [1.165, 1.54) is 12.7 Å². The van der Waals surface area contributed by atoms with Crippen molar-refractivity contribution in [2.45, 2.75) is 46.0 Å². The Balaban J connectivity index is 1.82. The predicted octanol–water partition coefficient (Wildman–Crippen LogP) is 3.20. The maximum absolute atomic E-state index is 12.2.